The smallest absolute Gasteiger partial charge is 0.199 e. The number of hydrogen-bond acceptors (Lipinski definition) is 1. The second-order valence-electron chi connectivity index (χ2n) is 2.93. The number of rotatable bonds is 4. The van der Waals surface area contributed by atoms with Crippen LogP contribution < -0.4 is 0 Å². The molecule has 72 valence electrons. The van der Waals surface area contributed by atoms with Gasteiger partial charge in [-0.3, -0.25) is 0 Å². The van der Waals surface area contributed by atoms with E-state index >= 15 is 0 Å². The van der Waals surface area contributed by atoms with Crippen LogP contribution in [-0.2, 0) is 6.42 Å². The number of aliphatic hydroxyl groups is 1. The van der Waals surface area contributed by atoms with E-state index in [4.69, 9.17) is 16.7 Å². The number of halogens is 2. The van der Waals surface area contributed by atoms with Crippen LogP contribution in [0.5, 0.6) is 0 Å². The zero-order valence-corrected chi connectivity index (χ0v) is 7.91. The number of benzene rings is 1. The first-order valence-electron chi connectivity index (χ1n) is 4.20. The first-order valence-corrected chi connectivity index (χ1v) is 4.64. The lowest BCUT2D eigenvalue weighted by Gasteiger charge is -2.09. The fraction of sp³-hybridized carbons (Fsp3) is 0.400. The van der Waals surface area contributed by atoms with Crippen molar-refractivity contribution in [2.75, 3.05) is 0 Å². The van der Waals surface area contributed by atoms with E-state index in [0.717, 1.165) is 5.56 Å². The highest BCUT2D eigenvalue weighted by Gasteiger charge is 2.13. The normalized spacial score (nSPS) is 15.3. The Bertz CT molecular complexity index is 238. The lowest BCUT2D eigenvalue weighted by molar-refractivity contribution is 0.111. The molecule has 3 heteroatoms. The Kier molecular flexibility index (Phi) is 4.19. The third-order valence-corrected chi connectivity index (χ3v) is 2.15. The molecule has 0 fully saturated rings. The third-order valence-electron chi connectivity index (χ3n) is 1.86. The van der Waals surface area contributed by atoms with Crippen LogP contribution in [0.1, 0.15) is 12.0 Å². The summed E-state index contributed by atoms with van der Waals surface area (Å²) < 4.78 is 12.3. The molecule has 1 aromatic carbocycles. The van der Waals surface area contributed by atoms with Crippen LogP contribution in [0.4, 0.5) is 4.39 Å². The van der Waals surface area contributed by atoms with Crippen LogP contribution in [0.3, 0.4) is 0 Å². The summed E-state index contributed by atoms with van der Waals surface area (Å²) in [6, 6.07) is 9.62. The largest absolute Gasteiger partial charge is 0.389 e. The Labute approximate surface area is 82.2 Å². The first kappa shape index (κ1) is 10.5. The van der Waals surface area contributed by atoms with E-state index in [1.54, 1.807) is 0 Å². The highest BCUT2D eigenvalue weighted by molar-refractivity contribution is 6.19. The van der Waals surface area contributed by atoms with Gasteiger partial charge in [0, 0.05) is 0 Å². The van der Waals surface area contributed by atoms with Crippen LogP contribution >= 0.6 is 11.6 Å². The summed E-state index contributed by atoms with van der Waals surface area (Å²) in [4.78, 5) is 0. The molecule has 1 rings (SSSR count). The van der Waals surface area contributed by atoms with Gasteiger partial charge in [0.05, 0.1) is 6.10 Å². The summed E-state index contributed by atoms with van der Waals surface area (Å²) in [6.07, 6.45) is -0.0639. The van der Waals surface area contributed by atoms with Gasteiger partial charge in [-0.15, -0.1) is 0 Å². The average molecular weight is 203 g/mol. The zero-order chi connectivity index (χ0) is 9.68. The van der Waals surface area contributed by atoms with E-state index in [1.807, 2.05) is 30.3 Å². The molecule has 0 aliphatic heterocycles. The fourth-order valence-corrected chi connectivity index (χ4v) is 1.21. The highest BCUT2D eigenvalue weighted by Crippen LogP contribution is 2.11. The van der Waals surface area contributed by atoms with Crippen molar-refractivity contribution in [1.29, 1.82) is 0 Å². The van der Waals surface area contributed by atoms with Crippen molar-refractivity contribution < 1.29 is 9.50 Å². The maximum atomic E-state index is 12.3. The molecule has 0 bridgehead atoms. The quantitative estimate of drug-likeness (QED) is 0.744. The minimum Gasteiger partial charge on any atom is -0.389 e. The molecular formula is C10H12ClFO. The molecule has 0 aromatic heterocycles. The summed E-state index contributed by atoms with van der Waals surface area (Å²) in [7, 11) is 0. The van der Waals surface area contributed by atoms with Gasteiger partial charge in [0.1, 0.15) is 0 Å². The lowest BCUT2D eigenvalue weighted by atomic mass is 10.1. The number of aliphatic hydroxyl groups excluding tert-OH is 1. The number of aryl methyl sites for hydroxylation is 1. The summed E-state index contributed by atoms with van der Waals surface area (Å²) in [5, 5.41) is 9.08. The van der Waals surface area contributed by atoms with E-state index in [1.165, 1.54) is 0 Å². The molecule has 0 radical (unpaired) electrons. The van der Waals surface area contributed by atoms with Crippen LogP contribution in [0.25, 0.3) is 0 Å². The number of hydrogen-bond donors (Lipinski definition) is 1. The maximum absolute atomic E-state index is 12.3. The molecule has 0 amide bonds. The van der Waals surface area contributed by atoms with Crippen molar-refractivity contribution in [3.05, 3.63) is 35.9 Å². The highest BCUT2D eigenvalue weighted by atomic mass is 35.5. The Hall–Kier alpha value is -0.600. The zero-order valence-electron chi connectivity index (χ0n) is 7.16. The first-order chi connectivity index (χ1) is 6.20. The van der Waals surface area contributed by atoms with Gasteiger partial charge in [0.2, 0.25) is 0 Å². The Morgan fingerprint density at radius 2 is 1.92 bits per heavy atom. The third kappa shape index (κ3) is 3.75. The molecule has 0 saturated carbocycles. The van der Waals surface area contributed by atoms with Crippen molar-refractivity contribution in [3.8, 4) is 0 Å². The van der Waals surface area contributed by atoms with Gasteiger partial charge >= 0.3 is 0 Å². The van der Waals surface area contributed by atoms with Crippen molar-refractivity contribution in [3.63, 3.8) is 0 Å². The van der Waals surface area contributed by atoms with Crippen LogP contribution in [-0.4, -0.2) is 16.8 Å². The molecule has 0 spiro atoms. The molecular weight excluding hydrogens is 191 g/mol. The number of alkyl halides is 2. The predicted molar refractivity (Wildman–Crippen MR) is 51.5 cm³/mol. The second kappa shape index (κ2) is 5.20. The topological polar surface area (TPSA) is 20.2 Å². The molecule has 0 aliphatic carbocycles. The molecule has 0 aliphatic rings. The van der Waals surface area contributed by atoms with Crippen LogP contribution in [0.15, 0.2) is 30.3 Å². The van der Waals surface area contributed by atoms with Crippen LogP contribution in [0.2, 0.25) is 0 Å². The van der Waals surface area contributed by atoms with Crippen molar-refractivity contribution in [2.24, 2.45) is 0 Å². The molecule has 1 nitrogen and oxygen atoms in total. The van der Waals surface area contributed by atoms with Gasteiger partial charge in [-0.2, -0.15) is 0 Å². The standard InChI is InChI=1S/C10H12ClFO/c11-10(12)9(13)7-6-8-4-2-1-3-5-8/h1-5,9-10,13H,6-7H2. The minimum atomic E-state index is -1.66. The minimum absolute atomic E-state index is 0.356. The molecule has 1 aromatic rings. The van der Waals surface area contributed by atoms with Crippen molar-refractivity contribution in [1.82, 2.24) is 0 Å². The fourth-order valence-electron chi connectivity index (χ4n) is 1.09. The van der Waals surface area contributed by atoms with Gasteiger partial charge in [-0.05, 0) is 18.4 Å². The summed E-state index contributed by atoms with van der Waals surface area (Å²) in [5.74, 6) is 0. The van der Waals surface area contributed by atoms with Gasteiger partial charge in [-0.1, -0.05) is 41.9 Å². The Balaban J connectivity index is 2.35. The van der Waals surface area contributed by atoms with E-state index in [2.05, 4.69) is 0 Å². The monoisotopic (exact) mass is 202 g/mol. The summed E-state index contributed by atoms with van der Waals surface area (Å²) >= 11 is 5.08. The molecule has 13 heavy (non-hydrogen) atoms. The maximum Gasteiger partial charge on any atom is 0.199 e. The van der Waals surface area contributed by atoms with E-state index in [-0.39, 0.29) is 0 Å². The second-order valence-corrected chi connectivity index (χ2v) is 3.34. The van der Waals surface area contributed by atoms with Gasteiger partial charge in [0.25, 0.3) is 0 Å². The molecule has 2 atom stereocenters. The van der Waals surface area contributed by atoms with Crippen molar-refractivity contribution in [2.45, 2.75) is 24.6 Å². The SMILES string of the molecule is OC(CCc1ccccc1)C(F)Cl. The lowest BCUT2D eigenvalue weighted by Crippen LogP contribution is -2.16. The predicted octanol–water partition coefficient (Wildman–Crippen LogP) is 2.51. The van der Waals surface area contributed by atoms with Crippen molar-refractivity contribution >= 4 is 11.6 Å². The average Bonchev–Trinajstić information content (AvgIpc) is 2.15. The molecule has 1 N–H and O–H groups in total. The molecule has 0 heterocycles. The Morgan fingerprint density at radius 3 is 2.46 bits per heavy atom. The Morgan fingerprint density at radius 1 is 1.31 bits per heavy atom. The van der Waals surface area contributed by atoms with Gasteiger partial charge < -0.3 is 5.11 Å². The summed E-state index contributed by atoms with van der Waals surface area (Å²) in [6.45, 7) is 0. The van der Waals surface area contributed by atoms with Gasteiger partial charge in [0.15, 0.2) is 5.63 Å². The molecule has 0 saturated heterocycles. The van der Waals surface area contributed by atoms with Crippen LogP contribution in [0, 0.1) is 0 Å². The van der Waals surface area contributed by atoms with E-state index < -0.39 is 11.7 Å². The summed E-state index contributed by atoms with van der Waals surface area (Å²) in [5.41, 5.74) is -0.581. The van der Waals surface area contributed by atoms with E-state index in [0.29, 0.717) is 12.8 Å². The molecule has 2 unspecified atom stereocenters. The van der Waals surface area contributed by atoms with Gasteiger partial charge in [-0.25, -0.2) is 4.39 Å². The van der Waals surface area contributed by atoms with E-state index in [9.17, 15) is 4.39 Å².